The van der Waals surface area contributed by atoms with E-state index in [2.05, 4.69) is 53.6 Å². The lowest BCUT2D eigenvalue weighted by atomic mass is 10.0. The Hall–Kier alpha value is -0.900. The van der Waals surface area contributed by atoms with Crippen LogP contribution in [0.15, 0.2) is 29.3 Å². The van der Waals surface area contributed by atoms with Crippen LogP contribution < -0.4 is 10.6 Å². The Labute approximate surface area is 199 Å². The Morgan fingerprint density at radius 1 is 1.13 bits per heavy atom. The maximum absolute atomic E-state index is 5.56. The molecule has 2 aliphatic rings. The summed E-state index contributed by atoms with van der Waals surface area (Å²) in [6.45, 7) is 13.0. The van der Waals surface area contributed by atoms with Gasteiger partial charge in [-0.25, -0.2) is 4.99 Å². The molecule has 0 radical (unpaired) electrons. The number of rotatable bonds is 11. The molecular weight excluding hydrogens is 491 g/mol. The first-order chi connectivity index (χ1) is 14.2. The molecule has 2 N–H and O–H groups in total. The molecule has 1 aliphatic heterocycles. The Kier molecular flexibility index (Phi) is 11.4. The maximum Gasteiger partial charge on any atom is 0.191 e. The molecule has 170 valence electrons. The third-order valence-electron chi connectivity index (χ3n) is 5.94. The molecule has 7 heteroatoms. The van der Waals surface area contributed by atoms with Crippen molar-refractivity contribution >= 4 is 29.9 Å². The minimum absolute atomic E-state index is 0. The van der Waals surface area contributed by atoms with Crippen LogP contribution in [0, 0.1) is 5.41 Å². The average molecular weight is 530 g/mol. The molecule has 1 saturated carbocycles. The lowest BCUT2D eigenvalue weighted by Gasteiger charge is -2.27. The summed E-state index contributed by atoms with van der Waals surface area (Å²) in [6, 6.07) is 8.67. The van der Waals surface area contributed by atoms with Crippen LogP contribution in [0.25, 0.3) is 0 Å². The Morgan fingerprint density at radius 3 is 2.53 bits per heavy atom. The molecule has 0 aromatic heterocycles. The zero-order valence-electron chi connectivity index (χ0n) is 18.6. The molecule has 3 rings (SSSR count). The first kappa shape index (κ1) is 25.4. The van der Waals surface area contributed by atoms with Crippen LogP contribution in [0.5, 0.6) is 0 Å². The van der Waals surface area contributed by atoms with Crippen LogP contribution in [0.4, 0.5) is 0 Å². The van der Waals surface area contributed by atoms with Gasteiger partial charge in [-0.2, -0.15) is 0 Å². The second-order valence-corrected chi connectivity index (χ2v) is 8.15. The van der Waals surface area contributed by atoms with Crippen molar-refractivity contribution in [2.75, 3.05) is 52.6 Å². The first-order valence-electron chi connectivity index (χ1n) is 11.2. The number of nitrogens with one attached hydrogen (secondary N) is 2. The zero-order valence-corrected chi connectivity index (χ0v) is 21.0. The van der Waals surface area contributed by atoms with Gasteiger partial charge >= 0.3 is 0 Å². The second kappa shape index (κ2) is 13.5. The van der Waals surface area contributed by atoms with Gasteiger partial charge in [0.15, 0.2) is 5.96 Å². The van der Waals surface area contributed by atoms with Crippen LogP contribution in [0.2, 0.25) is 0 Å². The third-order valence-corrected chi connectivity index (χ3v) is 5.94. The van der Waals surface area contributed by atoms with E-state index in [1.165, 1.54) is 24.0 Å². The van der Waals surface area contributed by atoms with Gasteiger partial charge in [0.1, 0.15) is 0 Å². The zero-order chi connectivity index (χ0) is 20.4. The van der Waals surface area contributed by atoms with Crippen molar-refractivity contribution in [3.63, 3.8) is 0 Å². The monoisotopic (exact) mass is 530 g/mol. The Balaban J connectivity index is 0.00000320. The molecule has 1 aromatic rings. The molecule has 0 bridgehead atoms. The molecule has 6 nitrogen and oxygen atoms in total. The number of hydrogen-bond acceptors (Lipinski definition) is 4. The summed E-state index contributed by atoms with van der Waals surface area (Å²) >= 11 is 0. The smallest absolute Gasteiger partial charge is 0.191 e. The summed E-state index contributed by atoms with van der Waals surface area (Å²) in [6.07, 6.45) is 3.71. The number of halogens is 1. The number of nitrogens with zero attached hydrogens (tertiary/aromatic N) is 2. The van der Waals surface area contributed by atoms with Gasteiger partial charge < -0.3 is 20.1 Å². The summed E-state index contributed by atoms with van der Waals surface area (Å²) in [4.78, 5) is 7.35. The van der Waals surface area contributed by atoms with E-state index in [9.17, 15) is 0 Å². The molecule has 1 aromatic carbocycles. The molecule has 0 atom stereocenters. The molecule has 0 amide bonds. The van der Waals surface area contributed by atoms with E-state index in [4.69, 9.17) is 14.5 Å². The highest BCUT2D eigenvalue weighted by molar-refractivity contribution is 14.0. The minimum atomic E-state index is 0. The van der Waals surface area contributed by atoms with Crippen LogP contribution >= 0.6 is 24.0 Å². The number of guanidine groups is 1. The third kappa shape index (κ3) is 8.32. The lowest BCUT2D eigenvalue weighted by molar-refractivity contribution is 0.0341. The van der Waals surface area contributed by atoms with Crippen molar-refractivity contribution in [1.82, 2.24) is 15.5 Å². The fourth-order valence-electron chi connectivity index (χ4n) is 3.77. The highest BCUT2D eigenvalue weighted by atomic mass is 127. The van der Waals surface area contributed by atoms with Gasteiger partial charge in [0.05, 0.1) is 19.8 Å². The predicted molar refractivity (Wildman–Crippen MR) is 134 cm³/mol. The van der Waals surface area contributed by atoms with Crippen molar-refractivity contribution in [2.24, 2.45) is 10.4 Å². The highest BCUT2D eigenvalue weighted by Crippen LogP contribution is 2.48. The van der Waals surface area contributed by atoms with E-state index in [0.29, 0.717) is 12.0 Å². The first-order valence-corrected chi connectivity index (χ1v) is 11.2. The molecule has 30 heavy (non-hydrogen) atoms. The van der Waals surface area contributed by atoms with E-state index in [1.807, 2.05) is 0 Å². The lowest BCUT2D eigenvalue weighted by Crippen LogP contribution is -2.40. The topological polar surface area (TPSA) is 58.1 Å². The van der Waals surface area contributed by atoms with Crippen molar-refractivity contribution in [3.8, 4) is 0 Å². The SMILES string of the molecule is CCNC(=NCc1ccccc1CN1CCOCC1)NCC1(CCOCC)CC1.I. The molecule has 0 unspecified atom stereocenters. The summed E-state index contributed by atoms with van der Waals surface area (Å²) in [5, 5.41) is 6.98. The number of hydrogen-bond donors (Lipinski definition) is 2. The van der Waals surface area contributed by atoms with Crippen LogP contribution in [0.3, 0.4) is 0 Å². The fraction of sp³-hybridized carbons (Fsp3) is 0.696. The van der Waals surface area contributed by atoms with E-state index < -0.39 is 0 Å². The Morgan fingerprint density at radius 2 is 1.87 bits per heavy atom. The second-order valence-electron chi connectivity index (χ2n) is 8.15. The normalized spacial score (nSPS) is 18.5. The van der Waals surface area contributed by atoms with Crippen LogP contribution in [-0.2, 0) is 22.6 Å². The molecular formula is C23H39IN4O2. The molecule has 1 heterocycles. The number of benzene rings is 1. The van der Waals surface area contributed by atoms with Gasteiger partial charge in [-0.1, -0.05) is 24.3 Å². The largest absolute Gasteiger partial charge is 0.382 e. The number of morpholine rings is 1. The summed E-state index contributed by atoms with van der Waals surface area (Å²) in [7, 11) is 0. The van der Waals surface area contributed by atoms with E-state index in [-0.39, 0.29) is 24.0 Å². The summed E-state index contributed by atoms with van der Waals surface area (Å²) in [5.74, 6) is 0.913. The van der Waals surface area contributed by atoms with Gasteiger partial charge in [-0.3, -0.25) is 4.90 Å². The maximum atomic E-state index is 5.56. The van der Waals surface area contributed by atoms with Gasteiger partial charge in [-0.05, 0) is 49.7 Å². The standard InChI is InChI=1S/C23H38N4O2.HI/c1-3-24-22(26-19-23(9-10-23)11-14-28-4-2)25-17-20-7-5-6-8-21(20)18-27-12-15-29-16-13-27;/h5-8H,3-4,9-19H2,1-2H3,(H2,24,25,26);1H. The summed E-state index contributed by atoms with van der Waals surface area (Å²) < 4.78 is 11.0. The van der Waals surface area contributed by atoms with E-state index in [1.54, 1.807) is 0 Å². The van der Waals surface area contributed by atoms with Crippen molar-refractivity contribution in [1.29, 1.82) is 0 Å². The Bertz CT molecular complexity index is 646. The van der Waals surface area contributed by atoms with Gasteiger partial charge in [-0.15, -0.1) is 24.0 Å². The highest BCUT2D eigenvalue weighted by Gasteiger charge is 2.41. The molecule has 1 saturated heterocycles. The van der Waals surface area contributed by atoms with Crippen LogP contribution in [0.1, 0.15) is 44.2 Å². The van der Waals surface area contributed by atoms with Gasteiger partial charge in [0.25, 0.3) is 0 Å². The molecule has 0 spiro atoms. The van der Waals surface area contributed by atoms with E-state index in [0.717, 1.165) is 71.5 Å². The number of ether oxygens (including phenoxy) is 2. The summed E-state index contributed by atoms with van der Waals surface area (Å²) in [5.41, 5.74) is 3.07. The molecule has 1 aliphatic carbocycles. The minimum Gasteiger partial charge on any atom is -0.382 e. The van der Waals surface area contributed by atoms with Crippen molar-refractivity contribution < 1.29 is 9.47 Å². The predicted octanol–water partition coefficient (Wildman–Crippen LogP) is 3.40. The quantitative estimate of drug-likeness (QED) is 0.199. The van der Waals surface area contributed by atoms with E-state index >= 15 is 0 Å². The fourth-order valence-corrected chi connectivity index (χ4v) is 3.77. The molecule has 2 fully saturated rings. The van der Waals surface area contributed by atoms with Gasteiger partial charge in [0, 0.05) is 45.9 Å². The van der Waals surface area contributed by atoms with Crippen molar-refractivity contribution in [2.45, 2.75) is 46.2 Å². The van der Waals surface area contributed by atoms with Crippen LogP contribution in [-0.4, -0.2) is 63.5 Å². The van der Waals surface area contributed by atoms with Gasteiger partial charge in [0.2, 0.25) is 0 Å². The number of aliphatic imine (C=N–C) groups is 1. The average Bonchev–Trinajstić information content (AvgIpc) is 3.52. The van der Waals surface area contributed by atoms with Crippen molar-refractivity contribution in [3.05, 3.63) is 35.4 Å².